The molecule has 0 amide bonds. The van der Waals surface area contributed by atoms with Crippen molar-refractivity contribution < 1.29 is 0 Å². The minimum atomic E-state index is -0.0308. The van der Waals surface area contributed by atoms with Gasteiger partial charge in [0.05, 0.1) is 5.70 Å². The number of fused-ring (bicyclic) bond motifs is 1. The maximum atomic E-state index is 5.03. The van der Waals surface area contributed by atoms with Gasteiger partial charge in [0.2, 0.25) is 0 Å². The van der Waals surface area contributed by atoms with E-state index in [9.17, 15) is 0 Å². The van der Waals surface area contributed by atoms with Crippen LogP contribution in [-0.2, 0) is 0 Å². The molecule has 0 bridgehead atoms. The normalized spacial score (nSPS) is 27.3. The highest BCUT2D eigenvalue weighted by Gasteiger charge is 2.26. The average Bonchev–Trinajstić information content (AvgIpc) is 2.34. The van der Waals surface area contributed by atoms with Crippen molar-refractivity contribution in [3.8, 4) is 0 Å². The van der Waals surface area contributed by atoms with Crippen molar-refractivity contribution in [3.05, 3.63) is 11.8 Å². The van der Waals surface area contributed by atoms with E-state index in [1.807, 2.05) is 6.08 Å². The van der Waals surface area contributed by atoms with Gasteiger partial charge >= 0.3 is 0 Å². The highest BCUT2D eigenvalue weighted by molar-refractivity contribution is 7.82. The van der Waals surface area contributed by atoms with Crippen molar-refractivity contribution in [2.24, 2.45) is 4.99 Å². The third-order valence-electron chi connectivity index (χ3n) is 1.53. The van der Waals surface area contributed by atoms with E-state index < -0.39 is 0 Å². The molecule has 5 heteroatoms. The van der Waals surface area contributed by atoms with Crippen molar-refractivity contribution in [3.63, 3.8) is 0 Å². The van der Waals surface area contributed by atoms with E-state index >= 15 is 0 Å². The van der Waals surface area contributed by atoms with Crippen LogP contribution in [0, 0.1) is 0 Å². The molecule has 56 valence electrons. The predicted molar refractivity (Wildman–Crippen MR) is 51.8 cm³/mol. The predicted octanol–water partition coefficient (Wildman–Crippen LogP) is 0.128. The zero-order valence-corrected chi connectivity index (χ0v) is 7.13. The Bertz CT molecular complexity index is 292. The smallest absolute Gasteiger partial charge is 0.175 e. The van der Waals surface area contributed by atoms with Gasteiger partial charge in [0.15, 0.2) is 5.11 Å². The monoisotopic (exact) mass is 183 g/mol. The second-order valence-corrected chi connectivity index (χ2v) is 3.11. The summed E-state index contributed by atoms with van der Waals surface area (Å²) in [6.07, 6.45) is 3.61. The van der Waals surface area contributed by atoms with Crippen molar-refractivity contribution >= 4 is 40.8 Å². The highest BCUT2D eigenvalue weighted by Crippen LogP contribution is 2.12. The molecule has 1 atom stereocenters. The Morgan fingerprint density at radius 1 is 1.36 bits per heavy atom. The molecule has 0 aromatic carbocycles. The second kappa shape index (κ2) is 2.35. The lowest BCUT2D eigenvalue weighted by molar-refractivity contribution is 0.891. The van der Waals surface area contributed by atoms with Crippen molar-refractivity contribution in [1.82, 2.24) is 10.6 Å². The fraction of sp³-hybridized carbons (Fsp3) is 0.167. The summed E-state index contributed by atoms with van der Waals surface area (Å²) in [6, 6.07) is -0.0308. The molecule has 2 N–H and O–H groups in total. The van der Waals surface area contributed by atoms with Crippen LogP contribution in [0.15, 0.2) is 16.8 Å². The van der Waals surface area contributed by atoms with Crippen LogP contribution in [0.5, 0.6) is 0 Å². The number of nitrogens with zero attached hydrogens (tertiary/aromatic N) is 1. The molecule has 0 aromatic heterocycles. The SMILES string of the molecule is S=C1NC(=S)C2N=CC=C2N1. The summed E-state index contributed by atoms with van der Waals surface area (Å²) >= 11 is 9.93. The number of thiocarbonyl (C=S) groups is 2. The fourth-order valence-corrected chi connectivity index (χ4v) is 1.62. The van der Waals surface area contributed by atoms with Crippen LogP contribution in [0.2, 0.25) is 0 Å². The molecule has 0 saturated carbocycles. The molecule has 11 heavy (non-hydrogen) atoms. The van der Waals surface area contributed by atoms with Gasteiger partial charge in [-0.2, -0.15) is 0 Å². The summed E-state index contributed by atoms with van der Waals surface area (Å²) in [6.45, 7) is 0. The molecule has 0 spiro atoms. The van der Waals surface area contributed by atoms with Crippen LogP contribution in [-0.4, -0.2) is 22.4 Å². The van der Waals surface area contributed by atoms with Gasteiger partial charge in [-0.05, 0) is 18.3 Å². The lowest BCUT2D eigenvalue weighted by atomic mass is 10.2. The molecule has 0 aliphatic carbocycles. The topological polar surface area (TPSA) is 36.4 Å². The van der Waals surface area contributed by atoms with Gasteiger partial charge in [0, 0.05) is 6.21 Å². The number of nitrogens with one attached hydrogen (secondary N) is 2. The van der Waals surface area contributed by atoms with Crippen LogP contribution in [0.4, 0.5) is 0 Å². The average molecular weight is 183 g/mol. The summed E-state index contributed by atoms with van der Waals surface area (Å²) in [4.78, 5) is 4.80. The molecule has 3 nitrogen and oxygen atoms in total. The molecule has 2 aliphatic heterocycles. The standard InChI is InChI=1S/C6H5N3S2/c10-5-4-3(1-2-7-4)8-6(11)9-5/h1-2,4H,(H2,8,9,10,11). The molecular formula is C6H5N3S2. The van der Waals surface area contributed by atoms with Crippen molar-refractivity contribution in [2.75, 3.05) is 0 Å². The van der Waals surface area contributed by atoms with Gasteiger partial charge in [-0.25, -0.2) is 0 Å². The molecular weight excluding hydrogens is 178 g/mol. The fourth-order valence-electron chi connectivity index (χ4n) is 1.04. The zero-order valence-electron chi connectivity index (χ0n) is 5.50. The summed E-state index contributed by atoms with van der Waals surface area (Å²) in [5.74, 6) is 0. The second-order valence-electron chi connectivity index (χ2n) is 2.27. The zero-order chi connectivity index (χ0) is 7.84. The summed E-state index contributed by atoms with van der Waals surface area (Å²) in [5.41, 5.74) is 0.971. The van der Waals surface area contributed by atoms with Gasteiger partial charge in [0.1, 0.15) is 11.0 Å². The van der Waals surface area contributed by atoms with E-state index in [1.165, 1.54) is 0 Å². The summed E-state index contributed by atoms with van der Waals surface area (Å²) < 4.78 is 0. The number of hydrogen-bond donors (Lipinski definition) is 2. The first-order chi connectivity index (χ1) is 5.27. The van der Waals surface area contributed by atoms with Gasteiger partial charge < -0.3 is 10.6 Å². The number of allylic oxidation sites excluding steroid dienone is 1. The molecule has 2 aliphatic rings. The van der Waals surface area contributed by atoms with Crippen molar-refractivity contribution in [1.29, 1.82) is 0 Å². The Labute approximate surface area is 74.6 Å². The summed E-state index contributed by atoms with van der Waals surface area (Å²) in [5, 5.41) is 6.38. The van der Waals surface area contributed by atoms with E-state index in [0.29, 0.717) is 10.1 Å². The van der Waals surface area contributed by atoms with Gasteiger partial charge in [-0.3, -0.25) is 4.99 Å². The number of rotatable bonds is 0. The lowest BCUT2D eigenvalue weighted by Gasteiger charge is -2.23. The molecule has 1 unspecified atom stereocenters. The minimum Gasteiger partial charge on any atom is -0.334 e. The van der Waals surface area contributed by atoms with Gasteiger partial charge in [-0.15, -0.1) is 0 Å². The molecule has 2 rings (SSSR count). The molecule has 1 fully saturated rings. The lowest BCUT2D eigenvalue weighted by Crippen LogP contribution is -2.50. The molecule has 2 heterocycles. The Balaban J connectivity index is 2.31. The van der Waals surface area contributed by atoms with Gasteiger partial charge in [-0.1, -0.05) is 12.2 Å². The first-order valence-corrected chi connectivity index (χ1v) is 3.94. The van der Waals surface area contributed by atoms with Gasteiger partial charge in [0.25, 0.3) is 0 Å². The molecule has 0 aromatic rings. The van der Waals surface area contributed by atoms with E-state index in [4.69, 9.17) is 24.4 Å². The van der Waals surface area contributed by atoms with Crippen LogP contribution >= 0.6 is 24.4 Å². The first-order valence-electron chi connectivity index (χ1n) is 3.12. The molecule has 1 saturated heterocycles. The van der Waals surface area contributed by atoms with Crippen LogP contribution < -0.4 is 10.6 Å². The van der Waals surface area contributed by atoms with E-state index in [1.54, 1.807) is 6.21 Å². The maximum Gasteiger partial charge on any atom is 0.175 e. The van der Waals surface area contributed by atoms with Crippen LogP contribution in [0.1, 0.15) is 0 Å². The number of hydrogen-bond acceptors (Lipinski definition) is 3. The maximum absolute atomic E-state index is 5.03. The number of aliphatic imine (C=N–C) groups is 1. The van der Waals surface area contributed by atoms with E-state index in [2.05, 4.69) is 15.6 Å². The largest absolute Gasteiger partial charge is 0.334 e. The first kappa shape index (κ1) is 6.87. The Morgan fingerprint density at radius 2 is 2.18 bits per heavy atom. The Morgan fingerprint density at radius 3 is 3.00 bits per heavy atom. The Hall–Kier alpha value is -0.810. The van der Waals surface area contributed by atoms with E-state index in [-0.39, 0.29) is 6.04 Å². The highest BCUT2D eigenvalue weighted by atomic mass is 32.1. The summed E-state index contributed by atoms with van der Waals surface area (Å²) in [7, 11) is 0. The molecule has 0 radical (unpaired) electrons. The minimum absolute atomic E-state index is 0.0308. The quantitative estimate of drug-likeness (QED) is 0.523. The Kier molecular flexibility index (Phi) is 1.47. The third-order valence-corrected chi connectivity index (χ3v) is 2.06. The van der Waals surface area contributed by atoms with Crippen LogP contribution in [0.3, 0.4) is 0 Å². The van der Waals surface area contributed by atoms with Crippen molar-refractivity contribution in [2.45, 2.75) is 6.04 Å². The third kappa shape index (κ3) is 1.06. The van der Waals surface area contributed by atoms with E-state index in [0.717, 1.165) is 5.70 Å². The van der Waals surface area contributed by atoms with Crippen LogP contribution in [0.25, 0.3) is 0 Å².